The van der Waals surface area contributed by atoms with Crippen molar-refractivity contribution >= 4 is 28.1 Å². The fraction of sp³-hybridized carbons (Fsp3) is 0.286. The lowest BCUT2D eigenvalue weighted by Crippen LogP contribution is -2.13. The molecule has 1 aliphatic rings. The first kappa shape index (κ1) is 12.9. The predicted octanol–water partition coefficient (Wildman–Crippen LogP) is 2.47. The topological polar surface area (TPSA) is 77.2 Å². The highest BCUT2D eigenvalue weighted by atomic mass is 32.1. The summed E-state index contributed by atoms with van der Waals surface area (Å²) in [5, 5.41) is 3.47. The molecule has 0 saturated heterocycles. The zero-order valence-corrected chi connectivity index (χ0v) is 11.9. The Bertz CT molecular complexity index is 645. The van der Waals surface area contributed by atoms with Gasteiger partial charge in [0.2, 0.25) is 0 Å². The highest BCUT2D eigenvalue weighted by Gasteiger charge is 2.19. The van der Waals surface area contributed by atoms with Crippen LogP contribution in [0.2, 0.25) is 0 Å². The second-order valence-corrected chi connectivity index (χ2v) is 5.74. The molecule has 3 N–H and O–H groups in total. The Morgan fingerprint density at radius 1 is 1.45 bits per heavy atom. The van der Waals surface area contributed by atoms with Gasteiger partial charge in [-0.3, -0.25) is 10.1 Å². The van der Waals surface area contributed by atoms with E-state index in [4.69, 9.17) is 10.5 Å². The van der Waals surface area contributed by atoms with Gasteiger partial charge >= 0.3 is 0 Å². The molecule has 0 saturated carbocycles. The summed E-state index contributed by atoms with van der Waals surface area (Å²) in [4.78, 5) is 18.0. The molecule has 5 nitrogen and oxygen atoms in total. The summed E-state index contributed by atoms with van der Waals surface area (Å²) in [6.07, 6.45) is 3.22. The normalized spacial score (nSPS) is 13.1. The number of carbonyl (C=O) groups is 1. The smallest absolute Gasteiger partial charge is 0.261 e. The fourth-order valence-electron chi connectivity index (χ4n) is 2.31. The Kier molecular flexibility index (Phi) is 3.31. The molecule has 6 heteroatoms. The van der Waals surface area contributed by atoms with Crippen LogP contribution >= 0.6 is 11.3 Å². The summed E-state index contributed by atoms with van der Waals surface area (Å²) in [7, 11) is 1.53. The van der Waals surface area contributed by atoms with E-state index in [2.05, 4.69) is 10.3 Å². The van der Waals surface area contributed by atoms with Crippen LogP contribution in [0.15, 0.2) is 18.2 Å². The van der Waals surface area contributed by atoms with Crippen LogP contribution in [0.5, 0.6) is 5.75 Å². The van der Waals surface area contributed by atoms with E-state index >= 15 is 0 Å². The number of nitrogens with zero attached hydrogens (tertiary/aromatic N) is 1. The van der Waals surface area contributed by atoms with Crippen molar-refractivity contribution in [3.63, 3.8) is 0 Å². The van der Waals surface area contributed by atoms with Crippen molar-refractivity contribution in [3.8, 4) is 5.75 Å². The quantitative estimate of drug-likeness (QED) is 0.851. The van der Waals surface area contributed by atoms with Crippen molar-refractivity contribution in [2.75, 3.05) is 18.2 Å². The molecule has 1 amide bonds. The van der Waals surface area contributed by atoms with Gasteiger partial charge in [-0.2, -0.15) is 0 Å². The molecule has 1 aromatic heterocycles. The predicted molar refractivity (Wildman–Crippen MR) is 79.5 cm³/mol. The Balaban J connectivity index is 1.83. The van der Waals surface area contributed by atoms with Gasteiger partial charge in [0.05, 0.1) is 18.4 Å². The lowest BCUT2D eigenvalue weighted by Gasteiger charge is -2.08. The number of benzene rings is 1. The van der Waals surface area contributed by atoms with Crippen molar-refractivity contribution in [3.05, 3.63) is 34.3 Å². The van der Waals surface area contributed by atoms with Gasteiger partial charge in [-0.05, 0) is 37.5 Å². The summed E-state index contributed by atoms with van der Waals surface area (Å²) in [5.41, 5.74) is 7.78. The number of aromatic nitrogens is 1. The van der Waals surface area contributed by atoms with E-state index in [0.717, 1.165) is 25.0 Å². The van der Waals surface area contributed by atoms with Gasteiger partial charge in [0.25, 0.3) is 5.91 Å². The highest BCUT2D eigenvalue weighted by Crippen LogP contribution is 2.31. The largest absolute Gasteiger partial charge is 0.496 e. The average Bonchev–Trinajstić information content (AvgIpc) is 2.99. The first-order chi connectivity index (χ1) is 9.67. The van der Waals surface area contributed by atoms with Gasteiger partial charge in [-0.15, -0.1) is 11.3 Å². The molecule has 1 aromatic carbocycles. The van der Waals surface area contributed by atoms with E-state index in [0.29, 0.717) is 22.1 Å². The number of ether oxygens (including phenoxy) is 1. The van der Waals surface area contributed by atoms with Gasteiger partial charge in [0, 0.05) is 10.6 Å². The molecule has 0 atom stereocenters. The zero-order chi connectivity index (χ0) is 14.1. The van der Waals surface area contributed by atoms with Crippen LogP contribution in [0, 0.1) is 0 Å². The molecule has 0 aliphatic heterocycles. The van der Waals surface area contributed by atoms with E-state index in [1.165, 1.54) is 12.0 Å². The number of hydrogen-bond donors (Lipinski definition) is 2. The maximum atomic E-state index is 12.3. The third-order valence-electron chi connectivity index (χ3n) is 3.28. The van der Waals surface area contributed by atoms with Crippen LogP contribution in [0.25, 0.3) is 0 Å². The van der Waals surface area contributed by atoms with Crippen molar-refractivity contribution in [1.82, 2.24) is 4.98 Å². The number of nitrogen functional groups attached to an aromatic ring is 1. The second-order valence-electron chi connectivity index (χ2n) is 4.66. The van der Waals surface area contributed by atoms with Crippen molar-refractivity contribution in [1.29, 1.82) is 0 Å². The van der Waals surface area contributed by atoms with E-state index in [-0.39, 0.29) is 5.91 Å². The van der Waals surface area contributed by atoms with Crippen molar-refractivity contribution in [2.45, 2.75) is 19.3 Å². The molecule has 0 fully saturated rings. The highest BCUT2D eigenvalue weighted by molar-refractivity contribution is 7.16. The number of rotatable bonds is 3. The number of hydrogen-bond acceptors (Lipinski definition) is 5. The van der Waals surface area contributed by atoms with Gasteiger partial charge < -0.3 is 10.5 Å². The molecule has 0 unspecified atom stereocenters. The molecule has 0 bridgehead atoms. The van der Waals surface area contributed by atoms with Gasteiger partial charge in [0.15, 0.2) is 5.13 Å². The minimum atomic E-state index is -0.249. The number of nitrogens with one attached hydrogen (secondary N) is 1. The molecule has 0 radical (unpaired) electrons. The molecular weight excluding hydrogens is 274 g/mol. The molecule has 20 heavy (non-hydrogen) atoms. The van der Waals surface area contributed by atoms with Crippen LogP contribution in [0.3, 0.4) is 0 Å². The first-order valence-corrected chi connectivity index (χ1v) is 7.22. The SMILES string of the molecule is COc1ccc(N)cc1C(=O)Nc1nc2c(s1)CCC2. The van der Waals surface area contributed by atoms with Gasteiger partial charge in [-0.25, -0.2) is 4.98 Å². The Hall–Kier alpha value is -2.08. The number of thiazole rings is 1. The number of amides is 1. The summed E-state index contributed by atoms with van der Waals surface area (Å²) in [6.45, 7) is 0. The van der Waals surface area contributed by atoms with Gasteiger partial charge in [0.1, 0.15) is 5.75 Å². The number of fused-ring (bicyclic) bond motifs is 1. The van der Waals surface area contributed by atoms with Crippen LogP contribution in [-0.4, -0.2) is 18.0 Å². The molecule has 104 valence electrons. The van der Waals surface area contributed by atoms with E-state index in [9.17, 15) is 4.79 Å². The standard InChI is InChI=1S/C14H15N3O2S/c1-19-11-6-5-8(15)7-9(11)13(18)17-14-16-10-3-2-4-12(10)20-14/h5-7H,2-4,15H2,1H3,(H,16,17,18). The molecule has 2 aromatic rings. The number of methoxy groups -OCH3 is 1. The average molecular weight is 289 g/mol. The van der Waals surface area contributed by atoms with Crippen LogP contribution < -0.4 is 15.8 Å². The third-order valence-corrected chi connectivity index (χ3v) is 4.36. The number of carbonyl (C=O) groups excluding carboxylic acids is 1. The van der Waals surface area contributed by atoms with Crippen molar-refractivity contribution < 1.29 is 9.53 Å². The van der Waals surface area contributed by atoms with Crippen LogP contribution in [0.1, 0.15) is 27.3 Å². The lowest BCUT2D eigenvalue weighted by atomic mass is 10.1. The maximum Gasteiger partial charge on any atom is 0.261 e. The fourth-order valence-corrected chi connectivity index (χ4v) is 3.36. The summed E-state index contributed by atoms with van der Waals surface area (Å²) in [5.74, 6) is 0.252. The second kappa shape index (κ2) is 5.13. The Morgan fingerprint density at radius 2 is 2.30 bits per heavy atom. The number of nitrogens with two attached hydrogens (primary N) is 1. The Labute approximate surface area is 120 Å². The summed E-state index contributed by atoms with van der Waals surface area (Å²) < 4.78 is 5.19. The maximum absolute atomic E-state index is 12.3. The molecule has 1 aliphatic carbocycles. The third kappa shape index (κ3) is 2.34. The van der Waals surface area contributed by atoms with Crippen molar-refractivity contribution in [2.24, 2.45) is 0 Å². The minimum Gasteiger partial charge on any atom is -0.496 e. The molecule has 3 rings (SSSR count). The molecule has 1 heterocycles. The van der Waals surface area contributed by atoms with Gasteiger partial charge in [-0.1, -0.05) is 0 Å². The zero-order valence-electron chi connectivity index (χ0n) is 11.1. The molecule has 0 spiro atoms. The number of aryl methyl sites for hydroxylation is 2. The lowest BCUT2D eigenvalue weighted by molar-refractivity contribution is 0.102. The summed E-state index contributed by atoms with van der Waals surface area (Å²) >= 11 is 1.55. The van der Waals surface area contributed by atoms with E-state index < -0.39 is 0 Å². The van der Waals surface area contributed by atoms with Crippen LogP contribution in [0.4, 0.5) is 10.8 Å². The van der Waals surface area contributed by atoms with Crippen LogP contribution in [-0.2, 0) is 12.8 Å². The van der Waals surface area contributed by atoms with E-state index in [1.54, 1.807) is 29.5 Å². The first-order valence-electron chi connectivity index (χ1n) is 6.41. The van der Waals surface area contributed by atoms with E-state index in [1.807, 2.05) is 0 Å². The monoisotopic (exact) mass is 289 g/mol. The summed E-state index contributed by atoms with van der Waals surface area (Å²) in [6, 6.07) is 5.00. The molecular formula is C14H15N3O2S. The minimum absolute atomic E-state index is 0.249. The Morgan fingerprint density at radius 3 is 3.05 bits per heavy atom. The number of anilines is 2.